The van der Waals surface area contributed by atoms with Gasteiger partial charge in [0.25, 0.3) is 5.56 Å². The van der Waals surface area contributed by atoms with E-state index in [1.165, 1.54) is 12.1 Å². The summed E-state index contributed by atoms with van der Waals surface area (Å²) < 4.78 is 5.19. The van der Waals surface area contributed by atoms with Crippen molar-refractivity contribution in [3.63, 3.8) is 0 Å². The molecule has 9 nitrogen and oxygen atoms in total. The molecular formula is C25H21N3O6S. The molecule has 4 rings (SSSR count). The van der Waals surface area contributed by atoms with E-state index in [0.717, 1.165) is 16.9 Å². The van der Waals surface area contributed by atoms with E-state index < -0.39 is 11.5 Å². The van der Waals surface area contributed by atoms with Crippen molar-refractivity contribution in [2.45, 2.75) is 19.3 Å². The lowest BCUT2D eigenvalue weighted by atomic mass is 10.1. The number of carboxylic acids is 1. The van der Waals surface area contributed by atoms with Gasteiger partial charge in [-0.15, -0.1) is 11.3 Å². The number of carbonyl (C=O) groups excluding carboxylic acids is 2. The molecule has 2 aromatic heterocycles. The van der Waals surface area contributed by atoms with E-state index in [2.05, 4.69) is 15.3 Å². The summed E-state index contributed by atoms with van der Waals surface area (Å²) in [5, 5.41) is 13.5. The van der Waals surface area contributed by atoms with E-state index in [0.29, 0.717) is 28.3 Å². The van der Waals surface area contributed by atoms with Crippen LogP contribution in [0.1, 0.15) is 38.5 Å². The molecule has 1 amide bonds. The van der Waals surface area contributed by atoms with Gasteiger partial charge in [0.15, 0.2) is 11.6 Å². The molecule has 0 atom stereocenters. The maximum atomic E-state index is 12.7. The number of ketones is 1. The van der Waals surface area contributed by atoms with Gasteiger partial charge >= 0.3 is 5.97 Å². The minimum atomic E-state index is -1.05. The summed E-state index contributed by atoms with van der Waals surface area (Å²) in [5.74, 6) is -1.03. The van der Waals surface area contributed by atoms with Crippen LogP contribution in [0.3, 0.4) is 0 Å². The van der Waals surface area contributed by atoms with Crippen LogP contribution in [0.4, 0.5) is 5.69 Å². The molecule has 2 aromatic carbocycles. The fraction of sp³-hybridized carbons (Fsp3) is 0.160. The van der Waals surface area contributed by atoms with Crippen molar-refractivity contribution in [3.8, 4) is 5.75 Å². The number of hydrogen-bond acceptors (Lipinski definition) is 7. The van der Waals surface area contributed by atoms with Gasteiger partial charge in [-0.3, -0.25) is 14.4 Å². The van der Waals surface area contributed by atoms with Gasteiger partial charge in [-0.1, -0.05) is 24.3 Å². The highest BCUT2D eigenvalue weighted by Gasteiger charge is 2.17. The average molecular weight is 492 g/mol. The number of amides is 1. The predicted molar refractivity (Wildman–Crippen MR) is 132 cm³/mol. The van der Waals surface area contributed by atoms with E-state index in [1.54, 1.807) is 24.6 Å². The first-order valence-corrected chi connectivity index (χ1v) is 11.5. The van der Waals surface area contributed by atoms with Crippen molar-refractivity contribution in [1.82, 2.24) is 9.97 Å². The van der Waals surface area contributed by atoms with Gasteiger partial charge in [0, 0.05) is 11.8 Å². The Balaban J connectivity index is 1.45. The second-order valence-corrected chi connectivity index (χ2v) is 8.60. The lowest BCUT2D eigenvalue weighted by Crippen LogP contribution is -2.18. The highest BCUT2D eigenvalue weighted by Crippen LogP contribution is 2.26. The van der Waals surface area contributed by atoms with E-state index in [-0.39, 0.29) is 41.3 Å². The number of aryl methyl sites for hydroxylation is 1. The van der Waals surface area contributed by atoms with Gasteiger partial charge in [-0.2, -0.15) is 0 Å². The zero-order chi connectivity index (χ0) is 24.9. The lowest BCUT2D eigenvalue weighted by molar-refractivity contribution is -0.115. The number of hydrogen-bond donors (Lipinski definition) is 3. The normalized spacial score (nSPS) is 10.8. The maximum absolute atomic E-state index is 12.7. The van der Waals surface area contributed by atoms with Crippen LogP contribution in [0.5, 0.6) is 5.75 Å². The summed E-state index contributed by atoms with van der Waals surface area (Å²) >= 11 is 1.15. The van der Waals surface area contributed by atoms with E-state index >= 15 is 0 Å². The van der Waals surface area contributed by atoms with Crippen molar-refractivity contribution in [3.05, 3.63) is 86.8 Å². The number of rotatable bonds is 9. The number of Topliss-reactive ketones (excluding diaryl/α,β-unsaturated/α-hetero) is 1. The number of methoxy groups -OCH3 is 1. The van der Waals surface area contributed by atoms with Crippen molar-refractivity contribution in [2.75, 3.05) is 12.4 Å². The van der Waals surface area contributed by atoms with Gasteiger partial charge in [0.05, 0.1) is 24.8 Å². The predicted octanol–water partition coefficient (Wildman–Crippen LogP) is 3.69. The number of carbonyl (C=O) groups is 3. The van der Waals surface area contributed by atoms with Gasteiger partial charge in [-0.25, -0.2) is 9.78 Å². The Morgan fingerprint density at radius 2 is 1.89 bits per heavy atom. The van der Waals surface area contributed by atoms with Gasteiger partial charge in [-0.05, 0) is 41.8 Å². The molecule has 35 heavy (non-hydrogen) atoms. The molecule has 3 N–H and O–H groups in total. The molecule has 0 spiro atoms. The number of H-pyrrole nitrogens is 1. The van der Waals surface area contributed by atoms with Crippen LogP contribution in [0.2, 0.25) is 0 Å². The van der Waals surface area contributed by atoms with E-state index in [9.17, 15) is 19.2 Å². The van der Waals surface area contributed by atoms with Crippen LogP contribution < -0.4 is 15.6 Å². The van der Waals surface area contributed by atoms with Crippen molar-refractivity contribution < 1.29 is 24.2 Å². The van der Waals surface area contributed by atoms with Crippen LogP contribution in [0, 0.1) is 0 Å². The van der Waals surface area contributed by atoms with Crippen LogP contribution >= 0.6 is 11.3 Å². The Kier molecular flexibility index (Phi) is 7.02. The number of benzene rings is 2. The minimum absolute atomic E-state index is 0.00339. The molecule has 0 aliphatic heterocycles. The Bertz CT molecular complexity index is 1470. The average Bonchev–Trinajstić information content (AvgIpc) is 3.25. The number of anilines is 1. The third-order valence-electron chi connectivity index (χ3n) is 5.32. The first kappa shape index (κ1) is 23.8. The van der Waals surface area contributed by atoms with Gasteiger partial charge in [0.2, 0.25) is 5.91 Å². The molecular weight excluding hydrogens is 470 g/mol. The second-order valence-electron chi connectivity index (χ2n) is 7.75. The number of nitrogens with one attached hydrogen (secondary N) is 2. The number of aromatic amines is 1. The first-order valence-electron chi connectivity index (χ1n) is 10.6. The van der Waals surface area contributed by atoms with Crippen LogP contribution in [0.15, 0.2) is 58.7 Å². The summed E-state index contributed by atoms with van der Waals surface area (Å²) in [4.78, 5) is 56.0. The third-order valence-corrected chi connectivity index (χ3v) is 6.19. The largest absolute Gasteiger partial charge is 0.497 e. The monoisotopic (exact) mass is 491 g/mol. The number of aromatic nitrogens is 2. The quantitative estimate of drug-likeness (QED) is 0.304. The summed E-state index contributed by atoms with van der Waals surface area (Å²) in [7, 11) is 1.57. The zero-order valence-electron chi connectivity index (χ0n) is 18.7. The van der Waals surface area contributed by atoms with Gasteiger partial charge < -0.3 is 20.1 Å². The highest BCUT2D eigenvalue weighted by molar-refractivity contribution is 7.17. The molecule has 0 bridgehead atoms. The van der Waals surface area contributed by atoms with E-state index in [4.69, 9.17) is 9.84 Å². The number of nitrogens with zero attached hydrogens (tertiary/aromatic N) is 1. The number of thiophene rings is 1. The summed E-state index contributed by atoms with van der Waals surface area (Å²) in [6.45, 7) is 0. The van der Waals surface area contributed by atoms with Crippen LogP contribution in [-0.4, -0.2) is 39.8 Å². The van der Waals surface area contributed by atoms with Crippen LogP contribution in [0.25, 0.3) is 10.2 Å². The smallest absolute Gasteiger partial charge is 0.335 e. The molecule has 0 saturated carbocycles. The molecule has 0 aliphatic rings. The van der Waals surface area contributed by atoms with Crippen LogP contribution in [-0.2, 0) is 17.6 Å². The molecule has 0 aliphatic carbocycles. The molecule has 0 fully saturated rings. The van der Waals surface area contributed by atoms with Crippen molar-refractivity contribution in [1.29, 1.82) is 0 Å². The molecule has 2 heterocycles. The second kappa shape index (κ2) is 10.3. The first-order chi connectivity index (χ1) is 16.8. The number of carboxylic acid groups (broad SMARTS) is 1. The highest BCUT2D eigenvalue weighted by atomic mass is 32.1. The number of aromatic carboxylic acids is 1. The fourth-order valence-electron chi connectivity index (χ4n) is 3.52. The van der Waals surface area contributed by atoms with Crippen molar-refractivity contribution in [2.24, 2.45) is 0 Å². The molecule has 0 unspecified atom stereocenters. The zero-order valence-corrected chi connectivity index (χ0v) is 19.5. The minimum Gasteiger partial charge on any atom is -0.497 e. The third kappa shape index (κ3) is 5.61. The molecule has 178 valence electrons. The molecule has 4 aromatic rings. The molecule has 0 saturated heterocycles. The molecule has 0 radical (unpaired) electrons. The lowest BCUT2D eigenvalue weighted by Gasteiger charge is -2.06. The summed E-state index contributed by atoms with van der Waals surface area (Å²) in [6.07, 6.45) is 0.637. The molecule has 10 heteroatoms. The van der Waals surface area contributed by atoms with E-state index in [1.807, 2.05) is 24.3 Å². The fourth-order valence-corrected chi connectivity index (χ4v) is 4.39. The van der Waals surface area contributed by atoms with Crippen molar-refractivity contribution >= 4 is 44.9 Å². The standard InChI is InChI=1S/C25H21N3O6S/c1-34-17-4-2-3-14(11-17)7-10-19(29)22-27-23(31)21-18(13-35-24(21)28-22)26-20(30)12-15-5-8-16(9-6-15)25(32)33/h2-6,8-9,11,13H,7,10,12H2,1H3,(H,26,30)(H,32,33)(H,27,28,31). The topological polar surface area (TPSA) is 138 Å². The number of fused-ring (bicyclic) bond motifs is 1. The summed E-state index contributed by atoms with van der Waals surface area (Å²) in [6, 6.07) is 13.4. The Morgan fingerprint density at radius 1 is 1.11 bits per heavy atom. The SMILES string of the molecule is COc1cccc(CCC(=O)c2nc3scc(NC(=O)Cc4ccc(C(=O)O)cc4)c3c(=O)[nH]2)c1. The number of ether oxygens (including phenoxy) is 1. The van der Waals surface area contributed by atoms with Gasteiger partial charge in [0.1, 0.15) is 16.0 Å². The summed E-state index contributed by atoms with van der Waals surface area (Å²) in [5.41, 5.74) is 1.48. The Hall–Kier alpha value is -4.31. The maximum Gasteiger partial charge on any atom is 0.335 e. The Morgan fingerprint density at radius 3 is 2.60 bits per heavy atom. The Labute approximate surface area is 203 Å².